The summed E-state index contributed by atoms with van der Waals surface area (Å²) in [6.07, 6.45) is -0.205. The van der Waals surface area contributed by atoms with Crippen LogP contribution in [0.3, 0.4) is 0 Å². The van der Waals surface area contributed by atoms with E-state index >= 15 is 0 Å². The second-order valence-electron chi connectivity index (χ2n) is 7.70. The first-order valence-electron chi connectivity index (χ1n) is 7.98. The van der Waals surface area contributed by atoms with Gasteiger partial charge >= 0.3 is 0 Å². The number of hydrogen-bond acceptors (Lipinski definition) is 3. The third-order valence-corrected chi connectivity index (χ3v) is 3.65. The molecule has 22 heavy (non-hydrogen) atoms. The van der Waals surface area contributed by atoms with Gasteiger partial charge in [0, 0.05) is 7.11 Å². The Kier molecular flexibility index (Phi) is 6.45. The topological polar surface area (TPSA) is 27.7 Å². The van der Waals surface area contributed by atoms with Crippen LogP contribution in [-0.2, 0) is 20.3 Å². The normalized spacial score (nSPS) is 14.0. The largest absolute Gasteiger partial charge is 0.491 e. The fourth-order valence-corrected chi connectivity index (χ4v) is 2.30. The van der Waals surface area contributed by atoms with Crippen molar-refractivity contribution in [3.63, 3.8) is 0 Å². The Hall–Kier alpha value is -1.06. The predicted octanol–water partition coefficient (Wildman–Crippen LogP) is 4.67. The lowest BCUT2D eigenvalue weighted by Crippen LogP contribution is -2.21. The molecule has 0 radical (unpaired) electrons. The number of rotatable bonds is 6. The third-order valence-electron chi connectivity index (χ3n) is 3.65. The Labute approximate surface area is 136 Å². The quantitative estimate of drug-likeness (QED) is 0.564. The van der Waals surface area contributed by atoms with E-state index in [0.717, 1.165) is 5.75 Å². The minimum absolute atomic E-state index is 0.0390. The van der Waals surface area contributed by atoms with Gasteiger partial charge in [0.05, 0.1) is 6.61 Å². The van der Waals surface area contributed by atoms with E-state index in [1.54, 1.807) is 7.11 Å². The molecule has 0 aromatic heterocycles. The zero-order valence-corrected chi connectivity index (χ0v) is 15.4. The molecule has 0 spiro atoms. The molecule has 0 heterocycles. The van der Waals surface area contributed by atoms with Gasteiger partial charge in [-0.05, 0) is 28.9 Å². The average Bonchev–Trinajstić information content (AvgIpc) is 2.40. The highest BCUT2D eigenvalue weighted by Gasteiger charge is 2.26. The molecule has 0 bridgehead atoms. The smallest absolute Gasteiger partial charge is 0.154 e. The van der Waals surface area contributed by atoms with Gasteiger partial charge in [0.2, 0.25) is 0 Å². The Morgan fingerprint density at radius 1 is 0.909 bits per heavy atom. The standard InChI is InChI=1S/C19H32O3/c1-14(20-8)21-12-13-22-17-15(18(2,3)4)10-9-11-16(17)19(5,6)7/h9-11,14H,12-13H2,1-8H3. The summed E-state index contributed by atoms with van der Waals surface area (Å²) < 4.78 is 16.7. The number of ether oxygens (including phenoxy) is 3. The Morgan fingerprint density at radius 3 is 1.82 bits per heavy atom. The molecule has 1 unspecified atom stereocenters. The van der Waals surface area contributed by atoms with Gasteiger partial charge < -0.3 is 14.2 Å². The fraction of sp³-hybridized carbons (Fsp3) is 0.684. The minimum atomic E-state index is -0.205. The Balaban J connectivity index is 2.98. The van der Waals surface area contributed by atoms with Gasteiger partial charge in [-0.25, -0.2) is 0 Å². The van der Waals surface area contributed by atoms with Crippen molar-refractivity contribution in [1.29, 1.82) is 0 Å². The number of methoxy groups -OCH3 is 1. The van der Waals surface area contributed by atoms with Crippen molar-refractivity contribution in [3.8, 4) is 5.75 Å². The van der Waals surface area contributed by atoms with Crippen LogP contribution in [0.1, 0.15) is 59.6 Å². The van der Waals surface area contributed by atoms with Crippen LogP contribution in [0.15, 0.2) is 18.2 Å². The highest BCUT2D eigenvalue weighted by atomic mass is 16.7. The lowest BCUT2D eigenvalue weighted by atomic mass is 9.79. The van der Waals surface area contributed by atoms with Crippen molar-refractivity contribution >= 4 is 0 Å². The molecule has 1 atom stereocenters. The molecule has 0 N–H and O–H groups in total. The van der Waals surface area contributed by atoms with Gasteiger partial charge in [-0.1, -0.05) is 59.7 Å². The third kappa shape index (κ3) is 5.29. The molecule has 0 aliphatic carbocycles. The Morgan fingerprint density at radius 2 is 1.41 bits per heavy atom. The highest BCUT2D eigenvalue weighted by Crippen LogP contribution is 2.39. The molecule has 3 heteroatoms. The van der Waals surface area contributed by atoms with Crippen LogP contribution in [0.4, 0.5) is 0 Å². The van der Waals surface area contributed by atoms with Crippen molar-refractivity contribution < 1.29 is 14.2 Å². The minimum Gasteiger partial charge on any atom is -0.491 e. The zero-order chi connectivity index (χ0) is 17.0. The molecular formula is C19H32O3. The van der Waals surface area contributed by atoms with E-state index in [0.29, 0.717) is 13.2 Å². The maximum Gasteiger partial charge on any atom is 0.154 e. The average molecular weight is 308 g/mol. The summed E-state index contributed by atoms with van der Waals surface area (Å²) >= 11 is 0. The van der Waals surface area contributed by atoms with Gasteiger partial charge in [-0.15, -0.1) is 0 Å². The molecule has 126 valence electrons. The van der Waals surface area contributed by atoms with Crippen molar-refractivity contribution in [2.24, 2.45) is 0 Å². The second-order valence-corrected chi connectivity index (χ2v) is 7.70. The van der Waals surface area contributed by atoms with Gasteiger partial charge in [0.15, 0.2) is 6.29 Å². The molecule has 0 saturated heterocycles. The van der Waals surface area contributed by atoms with Crippen LogP contribution in [0.5, 0.6) is 5.75 Å². The molecule has 3 nitrogen and oxygen atoms in total. The molecule has 0 saturated carbocycles. The molecule has 0 amide bonds. The van der Waals surface area contributed by atoms with E-state index in [2.05, 4.69) is 59.7 Å². The number of hydrogen-bond donors (Lipinski definition) is 0. The predicted molar refractivity (Wildman–Crippen MR) is 91.8 cm³/mol. The van der Waals surface area contributed by atoms with Crippen LogP contribution < -0.4 is 4.74 Å². The highest BCUT2D eigenvalue weighted by molar-refractivity contribution is 5.48. The molecule has 1 aromatic carbocycles. The maximum atomic E-state index is 6.14. The van der Waals surface area contributed by atoms with Crippen molar-refractivity contribution in [2.75, 3.05) is 20.3 Å². The van der Waals surface area contributed by atoms with Crippen LogP contribution in [0.25, 0.3) is 0 Å². The van der Waals surface area contributed by atoms with Crippen LogP contribution in [-0.4, -0.2) is 26.6 Å². The molecular weight excluding hydrogens is 276 g/mol. The van der Waals surface area contributed by atoms with Crippen molar-refractivity contribution in [3.05, 3.63) is 29.3 Å². The Bertz CT molecular complexity index is 434. The van der Waals surface area contributed by atoms with E-state index in [1.165, 1.54) is 11.1 Å². The molecule has 1 rings (SSSR count). The first-order valence-corrected chi connectivity index (χ1v) is 7.98. The zero-order valence-electron chi connectivity index (χ0n) is 15.4. The summed E-state index contributed by atoms with van der Waals surface area (Å²) in [4.78, 5) is 0. The summed E-state index contributed by atoms with van der Waals surface area (Å²) in [6.45, 7) is 16.2. The monoisotopic (exact) mass is 308 g/mol. The lowest BCUT2D eigenvalue weighted by Gasteiger charge is -2.29. The molecule has 1 aromatic rings. The van der Waals surface area contributed by atoms with E-state index < -0.39 is 0 Å². The first-order chi connectivity index (χ1) is 10.1. The number of benzene rings is 1. The molecule has 0 fully saturated rings. The van der Waals surface area contributed by atoms with Crippen molar-refractivity contribution in [1.82, 2.24) is 0 Å². The van der Waals surface area contributed by atoms with E-state index in [9.17, 15) is 0 Å². The molecule has 0 aliphatic rings. The second kappa shape index (κ2) is 7.47. The van der Waals surface area contributed by atoms with E-state index in [-0.39, 0.29) is 17.1 Å². The SMILES string of the molecule is COC(C)OCCOc1c(C(C)(C)C)cccc1C(C)(C)C. The lowest BCUT2D eigenvalue weighted by molar-refractivity contribution is -0.115. The summed E-state index contributed by atoms with van der Waals surface area (Å²) in [7, 11) is 1.64. The van der Waals surface area contributed by atoms with Gasteiger partial charge in [-0.2, -0.15) is 0 Å². The van der Waals surface area contributed by atoms with Crippen LogP contribution in [0, 0.1) is 0 Å². The van der Waals surface area contributed by atoms with E-state index in [4.69, 9.17) is 14.2 Å². The first kappa shape index (κ1) is 19.0. The summed E-state index contributed by atoms with van der Waals surface area (Å²) in [5, 5.41) is 0. The summed E-state index contributed by atoms with van der Waals surface area (Å²) in [5.41, 5.74) is 2.55. The maximum absolute atomic E-state index is 6.14. The number of para-hydroxylation sites is 1. The van der Waals surface area contributed by atoms with Gasteiger partial charge in [0.25, 0.3) is 0 Å². The summed E-state index contributed by atoms with van der Waals surface area (Å²) in [6, 6.07) is 6.43. The van der Waals surface area contributed by atoms with Gasteiger partial charge in [0.1, 0.15) is 12.4 Å². The van der Waals surface area contributed by atoms with E-state index in [1.807, 2.05) is 6.92 Å². The van der Waals surface area contributed by atoms with Gasteiger partial charge in [-0.3, -0.25) is 0 Å². The van der Waals surface area contributed by atoms with Crippen LogP contribution in [0.2, 0.25) is 0 Å². The van der Waals surface area contributed by atoms with Crippen LogP contribution >= 0.6 is 0 Å². The molecule has 0 aliphatic heterocycles. The fourth-order valence-electron chi connectivity index (χ4n) is 2.30. The summed E-state index contributed by atoms with van der Waals surface area (Å²) in [5.74, 6) is 0.996. The van der Waals surface area contributed by atoms with Crippen molar-refractivity contribution in [2.45, 2.75) is 65.6 Å².